The Bertz CT molecular complexity index is 1040. The van der Waals surface area contributed by atoms with Crippen LogP contribution in [0.3, 0.4) is 0 Å². The number of aliphatic carboxylic acids is 1. The van der Waals surface area contributed by atoms with Gasteiger partial charge in [0.2, 0.25) is 0 Å². The first-order valence-corrected chi connectivity index (χ1v) is 12.8. The third-order valence-corrected chi connectivity index (χ3v) is 5.61. The molecule has 0 aliphatic carbocycles. The van der Waals surface area contributed by atoms with Crippen LogP contribution in [0.2, 0.25) is 0 Å². The number of ether oxygens (including phenoxy) is 1. The quantitative estimate of drug-likeness (QED) is 0.0667. The average molecular weight is 531 g/mol. The number of nitrogens with one attached hydrogen (secondary N) is 3. The molecule has 2 aromatic carbocycles. The highest BCUT2D eigenvalue weighted by Crippen LogP contribution is 2.37. The molecule has 0 saturated carbocycles. The molecule has 1 unspecified atom stereocenters. The number of benzene rings is 2. The molecular weight excluding hydrogens is 487 g/mol. The lowest BCUT2D eigenvalue weighted by molar-refractivity contribution is -0.141. The molecule has 1 aliphatic heterocycles. The van der Waals surface area contributed by atoms with Crippen LogP contribution in [0.15, 0.2) is 36.4 Å². The summed E-state index contributed by atoms with van der Waals surface area (Å²) in [6, 6.07) is 10.5. The van der Waals surface area contributed by atoms with Gasteiger partial charge in [-0.1, -0.05) is 52.3 Å². The fourth-order valence-corrected chi connectivity index (χ4v) is 3.71. The lowest BCUT2D eigenvalue weighted by Crippen LogP contribution is -2.23. The summed E-state index contributed by atoms with van der Waals surface area (Å²) < 4.78 is 19.5. The number of hydrogen-bond donors (Lipinski definition) is 5. The number of fused-ring (bicyclic) bond motifs is 1. The number of rotatable bonds is 10. The number of anilines is 1. The third-order valence-electron chi connectivity index (χ3n) is 5.61. The molecule has 1 heterocycles. The standard InChI is InChI=1S/C20H20FNO2.C6H14N2O2.C2H6.CH3N/c1-3-4-13-5-7-16-14(9-13)12-24-20(16)18(11-23)17-10-15(21)6-8-19(17)22-2;1-5(6(9)10)3-2-4-8-7;2*1-2/h5-11,22H,3-4,12H2,1-2H3;5,8H,2-4,7H2,1H3,(H,9,10);1-2H3;2H,1H2/b20-18-;;;. The normalized spacial score (nSPS) is 13.0. The predicted octanol–water partition coefficient (Wildman–Crippen LogP) is 5.66. The first kappa shape index (κ1) is 34.4. The summed E-state index contributed by atoms with van der Waals surface area (Å²) in [6.45, 7) is 11.4. The third kappa shape index (κ3) is 10.4. The Labute approximate surface area is 226 Å². The zero-order valence-electron chi connectivity index (χ0n) is 23.2. The molecule has 1 atom stereocenters. The van der Waals surface area contributed by atoms with Crippen molar-refractivity contribution >= 4 is 36.0 Å². The van der Waals surface area contributed by atoms with Crippen LogP contribution in [-0.2, 0) is 27.4 Å². The summed E-state index contributed by atoms with van der Waals surface area (Å²) in [5.41, 5.74) is 7.26. The van der Waals surface area contributed by atoms with Gasteiger partial charge >= 0.3 is 5.97 Å². The molecule has 210 valence electrons. The molecule has 3 rings (SSSR count). The summed E-state index contributed by atoms with van der Waals surface area (Å²) in [7, 11) is 1.74. The van der Waals surface area contributed by atoms with Crippen LogP contribution >= 0.6 is 0 Å². The summed E-state index contributed by atoms with van der Waals surface area (Å²) in [5.74, 6) is 4.13. The molecule has 0 amide bonds. The van der Waals surface area contributed by atoms with Gasteiger partial charge in [-0.25, -0.2) is 4.39 Å². The van der Waals surface area contributed by atoms with E-state index in [1.807, 2.05) is 19.9 Å². The molecule has 2 aromatic rings. The van der Waals surface area contributed by atoms with Crippen molar-refractivity contribution in [3.63, 3.8) is 0 Å². The van der Waals surface area contributed by atoms with Crippen molar-refractivity contribution in [2.45, 2.75) is 60.0 Å². The van der Waals surface area contributed by atoms with Gasteiger partial charge < -0.3 is 20.6 Å². The zero-order chi connectivity index (χ0) is 29.1. The minimum atomic E-state index is -0.739. The molecule has 0 fully saturated rings. The summed E-state index contributed by atoms with van der Waals surface area (Å²) in [6.07, 6.45) is 4.32. The van der Waals surface area contributed by atoms with E-state index in [2.05, 4.69) is 36.5 Å². The van der Waals surface area contributed by atoms with Crippen LogP contribution in [0.5, 0.6) is 0 Å². The van der Waals surface area contributed by atoms with E-state index in [1.165, 1.54) is 17.7 Å². The van der Waals surface area contributed by atoms with E-state index in [1.54, 1.807) is 20.0 Å². The van der Waals surface area contributed by atoms with E-state index in [9.17, 15) is 14.0 Å². The zero-order valence-corrected chi connectivity index (χ0v) is 23.2. The second-order valence-corrected chi connectivity index (χ2v) is 8.17. The van der Waals surface area contributed by atoms with Crippen LogP contribution < -0.4 is 16.6 Å². The Morgan fingerprint density at radius 1 is 1.26 bits per heavy atom. The minimum Gasteiger partial charge on any atom is -0.487 e. The molecule has 0 spiro atoms. The smallest absolute Gasteiger partial charge is 0.306 e. The highest BCUT2D eigenvalue weighted by molar-refractivity contribution is 6.18. The topological polar surface area (TPSA) is 138 Å². The number of carbonyl (C=O) groups excluding carboxylic acids is 1. The van der Waals surface area contributed by atoms with Crippen molar-refractivity contribution in [3.05, 3.63) is 64.5 Å². The molecule has 6 N–H and O–H groups in total. The Kier molecular flexibility index (Phi) is 17.7. The van der Waals surface area contributed by atoms with E-state index in [0.717, 1.165) is 36.7 Å². The van der Waals surface area contributed by atoms with Crippen LogP contribution in [0.25, 0.3) is 11.3 Å². The molecule has 8 nitrogen and oxygen atoms in total. The maximum Gasteiger partial charge on any atom is 0.306 e. The van der Waals surface area contributed by atoms with Gasteiger partial charge in [0.15, 0.2) is 6.29 Å². The second-order valence-electron chi connectivity index (χ2n) is 8.17. The maximum absolute atomic E-state index is 13.7. The number of hydrogen-bond acceptors (Lipinski definition) is 7. The van der Waals surface area contributed by atoms with Crippen molar-refractivity contribution in [2.24, 2.45) is 11.8 Å². The SMILES string of the molecule is C=N.CC.CC(CCCNN)C(=O)O.CCCc1ccc2c(c1)CO/C2=C(/C=O)c1cc(F)ccc1NC. The maximum atomic E-state index is 13.7. The van der Waals surface area contributed by atoms with Gasteiger partial charge in [-0.05, 0) is 49.7 Å². The van der Waals surface area contributed by atoms with E-state index >= 15 is 0 Å². The minimum absolute atomic E-state index is 0.256. The molecule has 0 bridgehead atoms. The van der Waals surface area contributed by atoms with E-state index < -0.39 is 5.97 Å². The van der Waals surface area contributed by atoms with Crippen molar-refractivity contribution in [2.75, 3.05) is 18.9 Å². The van der Waals surface area contributed by atoms with Crippen molar-refractivity contribution in [3.8, 4) is 0 Å². The van der Waals surface area contributed by atoms with Crippen molar-refractivity contribution in [1.29, 1.82) is 5.41 Å². The Hall–Kier alpha value is -3.56. The Morgan fingerprint density at radius 2 is 1.95 bits per heavy atom. The number of halogens is 1. The van der Waals surface area contributed by atoms with Gasteiger partial charge in [0.05, 0.1) is 11.5 Å². The average Bonchev–Trinajstić information content (AvgIpc) is 3.35. The Morgan fingerprint density at radius 3 is 2.50 bits per heavy atom. The fourth-order valence-electron chi connectivity index (χ4n) is 3.71. The number of aryl methyl sites for hydroxylation is 1. The molecular formula is C29H43FN4O4. The lowest BCUT2D eigenvalue weighted by Gasteiger charge is -2.12. The largest absolute Gasteiger partial charge is 0.487 e. The number of hydrazine groups is 1. The van der Waals surface area contributed by atoms with Gasteiger partial charge in [0.25, 0.3) is 0 Å². The number of allylic oxidation sites excluding steroid dienone is 1. The number of carbonyl (C=O) groups is 2. The van der Waals surface area contributed by atoms with E-state index in [4.69, 9.17) is 21.1 Å². The molecule has 0 aromatic heterocycles. The van der Waals surface area contributed by atoms with Crippen LogP contribution in [0.1, 0.15) is 69.2 Å². The lowest BCUT2D eigenvalue weighted by atomic mass is 9.97. The van der Waals surface area contributed by atoms with Crippen LogP contribution in [0, 0.1) is 17.1 Å². The summed E-state index contributed by atoms with van der Waals surface area (Å²) in [5, 5.41) is 16.9. The second kappa shape index (κ2) is 19.5. The number of carboxylic acid groups (broad SMARTS) is 1. The fraction of sp³-hybridized carbons (Fsp3) is 0.414. The summed E-state index contributed by atoms with van der Waals surface area (Å²) >= 11 is 0. The highest BCUT2D eigenvalue weighted by Gasteiger charge is 2.24. The van der Waals surface area contributed by atoms with Crippen LogP contribution in [-0.4, -0.2) is 37.7 Å². The monoisotopic (exact) mass is 530 g/mol. The molecule has 0 radical (unpaired) electrons. The van der Waals surface area contributed by atoms with Gasteiger partial charge in [-0.3, -0.25) is 20.9 Å². The van der Waals surface area contributed by atoms with Gasteiger partial charge in [0, 0.05) is 36.0 Å². The number of nitrogens with two attached hydrogens (primary N) is 1. The van der Waals surface area contributed by atoms with Crippen LogP contribution in [0.4, 0.5) is 10.1 Å². The molecule has 38 heavy (non-hydrogen) atoms. The molecule has 9 heteroatoms. The van der Waals surface area contributed by atoms with Gasteiger partial charge in [-0.15, -0.1) is 0 Å². The van der Waals surface area contributed by atoms with Crippen molar-refractivity contribution in [1.82, 2.24) is 5.43 Å². The first-order chi connectivity index (χ1) is 18.4. The number of aldehydes is 1. The van der Waals surface area contributed by atoms with Gasteiger partial charge in [-0.2, -0.15) is 0 Å². The Balaban J connectivity index is 0.000000827. The molecule has 1 aliphatic rings. The first-order valence-electron chi connectivity index (χ1n) is 12.8. The molecule has 0 saturated heterocycles. The summed E-state index contributed by atoms with van der Waals surface area (Å²) in [4.78, 5) is 22.0. The van der Waals surface area contributed by atoms with Gasteiger partial charge in [0.1, 0.15) is 18.2 Å². The van der Waals surface area contributed by atoms with E-state index in [-0.39, 0.29) is 11.7 Å². The number of carboxylic acids is 1. The highest BCUT2D eigenvalue weighted by atomic mass is 19.1. The van der Waals surface area contributed by atoms with Crippen molar-refractivity contribution < 1.29 is 23.8 Å². The predicted molar refractivity (Wildman–Crippen MR) is 153 cm³/mol. The van der Waals surface area contributed by atoms with E-state index in [0.29, 0.717) is 42.2 Å².